The Balaban J connectivity index is 1.52. The molecule has 182 valence electrons. The third-order valence-corrected chi connectivity index (χ3v) is 7.38. The van der Waals surface area contributed by atoms with Crippen molar-refractivity contribution in [2.45, 2.75) is 43.5 Å². The summed E-state index contributed by atoms with van der Waals surface area (Å²) < 4.78 is 7.68. The summed E-state index contributed by atoms with van der Waals surface area (Å²) in [6.45, 7) is 2.83. The second kappa shape index (κ2) is 12.5. The van der Waals surface area contributed by atoms with E-state index in [0.29, 0.717) is 24.4 Å². The van der Waals surface area contributed by atoms with Gasteiger partial charge in [0, 0.05) is 18.3 Å². The first kappa shape index (κ1) is 24.9. The number of thiazole rings is 1. The van der Waals surface area contributed by atoms with Gasteiger partial charge in [-0.1, -0.05) is 74.0 Å². The molecule has 0 saturated heterocycles. The number of nitrogens with zero attached hydrogens (tertiary/aromatic N) is 4. The number of para-hydroxylation sites is 2. The van der Waals surface area contributed by atoms with E-state index in [1.807, 2.05) is 52.4 Å². The van der Waals surface area contributed by atoms with Crippen molar-refractivity contribution in [1.29, 1.82) is 0 Å². The van der Waals surface area contributed by atoms with E-state index in [9.17, 15) is 4.79 Å². The molecule has 0 spiro atoms. The average molecular weight is 508 g/mol. The number of aromatic nitrogens is 4. The molecule has 0 unspecified atom stereocenters. The lowest BCUT2D eigenvalue weighted by molar-refractivity contribution is 0.0948. The summed E-state index contributed by atoms with van der Waals surface area (Å²) in [5.74, 6) is 2.05. The van der Waals surface area contributed by atoms with Crippen molar-refractivity contribution >= 4 is 29.0 Å². The first-order valence-corrected chi connectivity index (χ1v) is 13.5. The number of unbranched alkanes of at least 4 members (excludes halogenated alkanes) is 2. The fourth-order valence-corrected chi connectivity index (χ4v) is 5.37. The van der Waals surface area contributed by atoms with Crippen LogP contribution in [0.4, 0.5) is 0 Å². The predicted octanol–water partition coefficient (Wildman–Crippen LogP) is 5.54. The highest BCUT2D eigenvalue weighted by molar-refractivity contribution is 7.98. The molecule has 0 aliphatic heterocycles. The SMILES string of the molecule is CCCCCNC(=O)c1csc(CSc2nnc(Cc3ccccc3)n2-c2ccccc2OC)n1. The minimum Gasteiger partial charge on any atom is -0.495 e. The van der Waals surface area contributed by atoms with Crippen molar-refractivity contribution < 1.29 is 9.53 Å². The lowest BCUT2D eigenvalue weighted by atomic mass is 10.1. The number of thioether (sulfide) groups is 1. The number of nitrogens with one attached hydrogen (secondary N) is 1. The topological polar surface area (TPSA) is 81.9 Å². The fourth-order valence-electron chi connectivity index (χ4n) is 3.62. The van der Waals surface area contributed by atoms with Gasteiger partial charge in [-0.05, 0) is 24.1 Å². The largest absolute Gasteiger partial charge is 0.495 e. The van der Waals surface area contributed by atoms with Gasteiger partial charge in [-0.15, -0.1) is 21.5 Å². The molecule has 0 atom stereocenters. The summed E-state index contributed by atoms with van der Waals surface area (Å²) >= 11 is 3.03. The molecule has 35 heavy (non-hydrogen) atoms. The van der Waals surface area contributed by atoms with Crippen LogP contribution in [0.3, 0.4) is 0 Å². The summed E-state index contributed by atoms with van der Waals surface area (Å²) in [5.41, 5.74) is 2.51. The summed E-state index contributed by atoms with van der Waals surface area (Å²) in [6, 6.07) is 18.1. The maximum Gasteiger partial charge on any atom is 0.270 e. The van der Waals surface area contributed by atoms with Crippen LogP contribution in [0.5, 0.6) is 5.75 Å². The third-order valence-electron chi connectivity index (χ3n) is 5.41. The zero-order valence-electron chi connectivity index (χ0n) is 19.9. The van der Waals surface area contributed by atoms with Gasteiger partial charge in [0.25, 0.3) is 5.91 Å². The van der Waals surface area contributed by atoms with E-state index in [1.54, 1.807) is 18.9 Å². The number of hydrogen-bond donors (Lipinski definition) is 1. The number of benzene rings is 2. The smallest absolute Gasteiger partial charge is 0.270 e. The van der Waals surface area contributed by atoms with E-state index in [0.717, 1.165) is 52.3 Å². The van der Waals surface area contributed by atoms with Crippen LogP contribution < -0.4 is 10.1 Å². The summed E-state index contributed by atoms with van der Waals surface area (Å²) in [4.78, 5) is 16.9. The highest BCUT2D eigenvalue weighted by atomic mass is 32.2. The molecule has 0 radical (unpaired) electrons. The molecule has 2 aromatic carbocycles. The van der Waals surface area contributed by atoms with Crippen LogP contribution in [0.15, 0.2) is 65.1 Å². The highest BCUT2D eigenvalue weighted by Gasteiger charge is 2.19. The summed E-state index contributed by atoms with van der Waals surface area (Å²) in [7, 11) is 1.66. The Morgan fingerprint density at radius 2 is 1.89 bits per heavy atom. The Labute approximate surface area is 214 Å². The molecule has 2 heterocycles. The quantitative estimate of drug-likeness (QED) is 0.200. The van der Waals surface area contributed by atoms with E-state index in [2.05, 4.69) is 39.6 Å². The van der Waals surface area contributed by atoms with Crippen molar-refractivity contribution in [3.8, 4) is 11.4 Å². The Hall–Kier alpha value is -3.17. The average Bonchev–Trinajstić information content (AvgIpc) is 3.53. The van der Waals surface area contributed by atoms with Crippen LogP contribution in [0.25, 0.3) is 5.69 Å². The summed E-state index contributed by atoms with van der Waals surface area (Å²) in [5, 5.41) is 15.4. The second-order valence-electron chi connectivity index (χ2n) is 7.95. The van der Waals surface area contributed by atoms with Crippen LogP contribution in [-0.2, 0) is 12.2 Å². The van der Waals surface area contributed by atoms with Crippen molar-refractivity contribution in [2.75, 3.05) is 13.7 Å². The van der Waals surface area contributed by atoms with Gasteiger partial charge >= 0.3 is 0 Å². The van der Waals surface area contributed by atoms with Gasteiger partial charge < -0.3 is 10.1 Å². The van der Waals surface area contributed by atoms with Crippen LogP contribution in [0.1, 0.15) is 53.1 Å². The Bertz CT molecular complexity index is 1240. The molecule has 1 amide bonds. The normalized spacial score (nSPS) is 10.9. The van der Waals surface area contributed by atoms with Crippen molar-refractivity contribution in [2.24, 2.45) is 0 Å². The van der Waals surface area contributed by atoms with Gasteiger partial charge in [-0.3, -0.25) is 9.36 Å². The molecule has 4 aromatic rings. The minimum atomic E-state index is -0.115. The number of ether oxygens (including phenoxy) is 1. The van der Waals surface area contributed by atoms with E-state index in [1.165, 1.54) is 11.3 Å². The first-order chi connectivity index (χ1) is 17.2. The monoisotopic (exact) mass is 507 g/mol. The molecule has 2 aromatic heterocycles. The van der Waals surface area contributed by atoms with Crippen molar-refractivity contribution in [3.05, 3.63) is 82.1 Å². The van der Waals surface area contributed by atoms with Crippen LogP contribution >= 0.6 is 23.1 Å². The maximum atomic E-state index is 12.4. The molecule has 9 heteroatoms. The Kier molecular flexibility index (Phi) is 8.91. The van der Waals surface area contributed by atoms with E-state index >= 15 is 0 Å². The van der Waals surface area contributed by atoms with Crippen LogP contribution in [-0.4, -0.2) is 39.3 Å². The van der Waals surface area contributed by atoms with Gasteiger partial charge in [0.05, 0.1) is 18.6 Å². The van der Waals surface area contributed by atoms with E-state index in [-0.39, 0.29) is 5.91 Å². The van der Waals surface area contributed by atoms with Gasteiger partial charge in [0.15, 0.2) is 5.16 Å². The third kappa shape index (κ3) is 6.49. The Morgan fingerprint density at radius 3 is 2.69 bits per heavy atom. The molecule has 0 fully saturated rings. The number of carbonyl (C=O) groups excluding carboxylic acids is 1. The van der Waals surface area contributed by atoms with Gasteiger partial charge in [-0.2, -0.15) is 0 Å². The molecule has 4 rings (SSSR count). The van der Waals surface area contributed by atoms with Gasteiger partial charge in [0.1, 0.15) is 22.3 Å². The van der Waals surface area contributed by atoms with Crippen molar-refractivity contribution in [1.82, 2.24) is 25.1 Å². The molecule has 7 nitrogen and oxygen atoms in total. The van der Waals surface area contributed by atoms with E-state index < -0.39 is 0 Å². The zero-order chi connectivity index (χ0) is 24.5. The van der Waals surface area contributed by atoms with E-state index in [4.69, 9.17) is 4.74 Å². The minimum absolute atomic E-state index is 0.115. The first-order valence-electron chi connectivity index (χ1n) is 11.7. The molecule has 0 aliphatic rings. The maximum absolute atomic E-state index is 12.4. The molecule has 0 saturated carbocycles. The zero-order valence-corrected chi connectivity index (χ0v) is 21.6. The molecule has 1 N–H and O–H groups in total. The second-order valence-corrected chi connectivity index (χ2v) is 9.83. The number of rotatable bonds is 12. The Morgan fingerprint density at radius 1 is 1.09 bits per heavy atom. The fraction of sp³-hybridized carbons (Fsp3) is 0.308. The lowest BCUT2D eigenvalue weighted by Crippen LogP contribution is -2.24. The molecular formula is C26H29N5O2S2. The standard InChI is InChI=1S/C26H29N5O2S2/c1-3-4-10-15-27-25(32)20-17-34-24(28-20)18-35-26-30-29-23(16-19-11-6-5-7-12-19)31(26)21-13-8-9-14-22(21)33-2/h5-9,11-14,17H,3-4,10,15-16,18H2,1-2H3,(H,27,32). The molecule has 0 aliphatic carbocycles. The molecule has 0 bridgehead atoms. The number of amides is 1. The predicted molar refractivity (Wildman–Crippen MR) is 141 cm³/mol. The highest BCUT2D eigenvalue weighted by Crippen LogP contribution is 2.31. The number of methoxy groups -OCH3 is 1. The van der Waals surface area contributed by atoms with Crippen LogP contribution in [0.2, 0.25) is 0 Å². The van der Waals surface area contributed by atoms with Gasteiger partial charge in [0.2, 0.25) is 0 Å². The van der Waals surface area contributed by atoms with Gasteiger partial charge in [-0.25, -0.2) is 4.98 Å². The van der Waals surface area contributed by atoms with Crippen LogP contribution in [0, 0.1) is 0 Å². The molecular weight excluding hydrogens is 478 g/mol. The number of carbonyl (C=O) groups is 1. The lowest BCUT2D eigenvalue weighted by Gasteiger charge is -2.13. The summed E-state index contributed by atoms with van der Waals surface area (Å²) in [6.07, 6.45) is 3.86. The number of hydrogen-bond acceptors (Lipinski definition) is 7. The van der Waals surface area contributed by atoms with Crippen molar-refractivity contribution in [3.63, 3.8) is 0 Å².